The maximum absolute atomic E-state index is 11.5. The summed E-state index contributed by atoms with van der Waals surface area (Å²) in [6.45, 7) is 1.29. The van der Waals surface area contributed by atoms with Gasteiger partial charge in [0.1, 0.15) is 12.6 Å². The van der Waals surface area contributed by atoms with Gasteiger partial charge in [0, 0.05) is 0 Å². The number of carbonyl (C=O) groups excluding carboxylic acids is 1. The minimum Gasteiger partial charge on any atom is -1.00 e. The van der Waals surface area contributed by atoms with Crippen LogP contribution in [0.25, 0.3) is 0 Å². The van der Waals surface area contributed by atoms with Gasteiger partial charge in [-0.1, -0.05) is 30.3 Å². The van der Waals surface area contributed by atoms with E-state index in [4.69, 9.17) is 4.74 Å². The lowest BCUT2D eigenvalue weighted by atomic mass is 10.2. The fraction of sp³-hybridized carbons (Fsp3) is 0.417. The third-order valence-corrected chi connectivity index (χ3v) is 2.57. The van der Waals surface area contributed by atoms with Gasteiger partial charge in [0.15, 0.2) is 0 Å². The molecule has 16 heavy (non-hydrogen) atoms. The topological polar surface area (TPSA) is 38.3 Å². The van der Waals surface area contributed by atoms with Gasteiger partial charge in [-0.2, -0.15) is 0 Å². The Kier molecular flexibility index (Phi) is 5.29. The monoisotopic (exact) mass is 240 g/mol. The Morgan fingerprint density at radius 3 is 2.75 bits per heavy atom. The third-order valence-electron chi connectivity index (χ3n) is 2.57. The Morgan fingerprint density at radius 2 is 2.12 bits per heavy atom. The van der Waals surface area contributed by atoms with Crippen molar-refractivity contribution >= 4 is 5.97 Å². The Balaban J connectivity index is 0.00000128. The Hall–Kier alpha value is -1.06. The van der Waals surface area contributed by atoms with E-state index in [0.29, 0.717) is 6.61 Å². The highest BCUT2D eigenvalue weighted by Gasteiger charge is 2.23. The predicted molar refractivity (Wildman–Crippen MR) is 57.3 cm³/mol. The Morgan fingerprint density at radius 1 is 1.38 bits per heavy atom. The number of hydrogen-bond acceptors (Lipinski definition) is 3. The number of hydrogen-bond donors (Lipinski definition) is 1. The molecule has 1 saturated heterocycles. The second-order valence-corrected chi connectivity index (χ2v) is 3.74. The minimum absolute atomic E-state index is 0. The molecule has 4 heteroatoms. The van der Waals surface area contributed by atoms with Crippen LogP contribution in [-0.2, 0) is 16.1 Å². The van der Waals surface area contributed by atoms with Crippen LogP contribution in [0.1, 0.15) is 18.4 Å². The summed E-state index contributed by atoms with van der Waals surface area (Å²) in [5.41, 5.74) is 1.03. The van der Waals surface area contributed by atoms with Gasteiger partial charge >= 0.3 is 5.97 Å². The Bertz CT molecular complexity index is 323. The van der Waals surface area contributed by atoms with Crippen LogP contribution >= 0.6 is 0 Å². The molecule has 0 aliphatic carbocycles. The van der Waals surface area contributed by atoms with Gasteiger partial charge in [-0.3, -0.25) is 4.79 Å². The maximum atomic E-state index is 11.5. The van der Waals surface area contributed by atoms with Gasteiger partial charge in [0.05, 0.1) is 0 Å². The molecule has 0 bridgehead atoms. The molecular weight excluding hydrogens is 226 g/mol. The van der Waals surface area contributed by atoms with E-state index in [1.807, 2.05) is 30.3 Å². The van der Waals surface area contributed by atoms with Crippen molar-refractivity contribution in [2.45, 2.75) is 25.5 Å². The predicted octanol–water partition coefficient (Wildman–Crippen LogP) is -1.51. The fourth-order valence-corrected chi connectivity index (χ4v) is 1.72. The number of rotatable bonds is 3. The van der Waals surface area contributed by atoms with Gasteiger partial charge < -0.3 is 22.5 Å². The van der Waals surface area contributed by atoms with E-state index in [1.165, 1.54) is 0 Å². The van der Waals surface area contributed by atoms with Gasteiger partial charge in [-0.25, -0.2) is 0 Å². The summed E-state index contributed by atoms with van der Waals surface area (Å²) in [7, 11) is 0. The number of esters is 1. The molecule has 1 aliphatic heterocycles. The number of halogens is 1. The van der Waals surface area contributed by atoms with E-state index < -0.39 is 0 Å². The average Bonchev–Trinajstić information content (AvgIpc) is 2.81. The van der Waals surface area contributed by atoms with Crippen molar-refractivity contribution in [3.63, 3.8) is 0 Å². The first-order valence-corrected chi connectivity index (χ1v) is 5.30. The molecule has 1 aromatic carbocycles. The summed E-state index contributed by atoms with van der Waals surface area (Å²) < 4.78 is 5.21. The smallest absolute Gasteiger partial charge is 0.323 e. The SMILES string of the molecule is O=C(OCc1ccccc1)C1CCCN1.[Cl-]. The number of nitrogens with one attached hydrogen (secondary N) is 1. The zero-order valence-electron chi connectivity index (χ0n) is 8.99. The highest BCUT2D eigenvalue weighted by molar-refractivity contribution is 5.76. The molecule has 1 atom stereocenters. The summed E-state index contributed by atoms with van der Waals surface area (Å²) in [4.78, 5) is 11.5. The highest BCUT2D eigenvalue weighted by atomic mass is 35.5. The molecule has 1 aromatic rings. The lowest BCUT2D eigenvalue weighted by Gasteiger charge is -2.09. The summed E-state index contributed by atoms with van der Waals surface area (Å²) in [6.07, 6.45) is 1.96. The van der Waals surface area contributed by atoms with Crippen LogP contribution in [0.5, 0.6) is 0 Å². The molecule has 1 unspecified atom stereocenters. The van der Waals surface area contributed by atoms with Crippen molar-refractivity contribution in [1.82, 2.24) is 5.32 Å². The van der Waals surface area contributed by atoms with Crippen molar-refractivity contribution in [2.24, 2.45) is 0 Å². The molecular formula is C12H15ClNO2-. The summed E-state index contributed by atoms with van der Waals surface area (Å²) in [6, 6.07) is 9.65. The first-order valence-electron chi connectivity index (χ1n) is 5.30. The van der Waals surface area contributed by atoms with Crippen molar-refractivity contribution < 1.29 is 21.9 Å². The van der Waals surface area contributed by atoms with E-state index in [0.717, 1.165) is 24.9 Å². The van der Waals surface area contributed by atoms with Gasteiger partial charge in [0.2, 0.25) is 0 Å². The zero-order chi connectivity index (χ0) is 10.5. The maximum Gasteiger partial charge on any atom is 0.323 e. The summed E-state index contributed by atoms with van der Waals surface area (Å²) in [5, 5.41) is 3.12. The molecule has 1 fully saturated rings. The van der Waals surface area contributed by atoms with Crippen LogP contribution in [0.4, 0.5) is 0 Å². The third kappa shape index (κ3) is 3.51. The molecule has 0 aromatic heterocycles. The quantitative estimate of drug-likeness (QED) is 0.653. The van der Waals surface area contributed by atoms with Gasteiger partial charge in [0.25, 0.3) is 0 Å². The van der Waals surface area contributed by atoms with Crippen LogP contribution in [-0.4, -0.2) is 18.6 Å². The second kappa shape index (κ2) is 6.51. The molecule has 1 heterocycles. The van der Waals surface area contributed by atoms with E-state index in [2.05, 4.69) is 5.32 Å². The lowest BCUT2D eigenvalue weighted by Crippen LogP contribution is -3.00. The van der Waals surface area contributed by atoms with Crippen LogP contribution in [0.3, 0.4) is 0 Å². The minimum atomic E-state index is -0.128. The lowest BCUT2D eigenvalue weighted by molar-refractivity contribution is -0.147. The standard InChI is InChI=1S/C12H15NO2.ClH/c14-12(11-7-4-8-13-11)15-9-10-5-2-1-3-6-10;/h1-3,5-6,11,13H,4,7-9H2;1H/p-1. The first kappa shape index (κ1) is 13.0. The molecule has 0 amide bonds. The first-order chi connectivity index (χ1) is 7.36. The fourth-order valence-electron chi connectivity index (χ4n) is 1.72. The molecule has 0 saturated carbocycles. The zero-order valence-corrected chi connectivity index (χ0v) is 9.74. The normalized spacial score (nSPS) is 18.9. The second-order valence-electron chi connectivity index (χ2n) is 3.74. The van der Waals surface area contributed by atoms with E-state index in [1.54, 1.807) is 0 Å². The number of carbonyl (C=O) groups is 1. The largest absolute Gasteiger partial charge is 1.00 e. The van der Waals surface area contributed by atoms with E-state index in [9.17, 15) is 4.79 Å². The summed E-state index contributed by atoms with van der Waals surface area (Å²) >= 11 is 0. The van der Waals surface area contributed by atoms with E-state index >= 15 is 0 Å². The molecule has 1 aliphatic rings. The Labute approximate surface area is 102 Å². The van der Waals surface area contributed by atoms with Crippen LogP contribution < -0.4 is 17.7 Å². The van der Waals surface area contributed by atoms with Crippen molar-refractivity contribution in [1.29, 1.82) is 0 Å². The molecule has 3 nitrogen and oxygen atoms in total. The molecule has 2 rings (SSSR count). The van der Waals surface area contributed by atoms with Crippen molar-refractivity contribution in [3.8, 4) is 0 Å². The van der Waals surface area contributed by atoms with Crippen molar-refractivity contribution in [3.05, 3.63) is 35.9 Å². The van der Waals surface area contributed by atoms with Gasteiger partial charge in [-0.05, 0) is 24.9 Å². The summed E-state index contributed by atoms with van der Waals surface area (Å²) in [5.74, 6) is -0.128. The van der Waals surface area contributed by atoms with E-state index in [-0.39, 0.29) is 24.4 Å². The average molecular weight is 241 g/mol. The van der Waals surface area contributed by atoms with Crippen molar-refractivity contribution in [2.75, 3.05) is 6.54 Å². The molecule has 0 spiro atoms. The molecule has 0 radical (unpaired) electrons. The van der Waals surface area contributed by atoms with Gasteiger partial charge in [-0.15, -0.1) is 0 Å². The number of benzene rings is 1. The van der Waals surface area contributed by atoms with Crippen LogP contribution in [0, 0.1) is 0 Å². The molecule has 88 valence electrons. The van der Waals surface area contributed by atoms with Crippen LogP contribution in [0.2, 0.25) is 0 Å². The number of ether oxygens (including phenoxy) is 1. The molecule has 1 N–H and O–H groups in total. The highest BCUT2D eigenvalue weighted by Crippen LogP contribution is 2.08. The van der Waals surface area contributed by atoms with Crippen LogP contribution in [0.15, 0.2) is 30.3 Å².